The van der Waals surface area contributed by atoms with Crippen LogP contribution in [0.2, 0.25) is 0 Å². The number of rotatable bonds is 4. The van der Waals surface area contributed by atoms with E-state index in [1.165, 1.54) is 12.1 Å². The monoisotopic (exact) mass is 375 g/mol. The maximum absolute atomic E-state index is 13.8. The minimum atomic E-state index is -0.410. The summed E-state index contributed by atoms with van der Waals surface area (Å²) in [6, 6.07) is 15.3. The summed E-state index contributed by atoms with van der Waals surface area (Å²) in [6.07, 6.45) is 0. The van der Waals surface area contributed by atoms with Crippen molar-refractivity contribution in [2.45, 2.75) is 19.8 Å². The number of anilines is 1. The van der Waals surface area contributed by atoms with Crippen molar-refractivity contribution < 1.29 is 9.18 Å². The van der Waals surface area contributed by atoms with Gasteiger partial charge in [0.25, 0.3) is 5.91 Å². The molecule has 0 radical (unpaired) electrons. The molecule has 0 unspecified atom stereocenters. The first-order valence-corrected chi connectivity index (χ1v) is 8.90. The van der Waals surface area contributed by atoms with Crippen LogP contribution in [0.25, 0.3) is 22.2 Å². The Kier molecular flexibility index (Phi) is 4.57. The topological polar surface area (TPSA) is 83.6 Å². The van der Waals surface area contributed by atoms with Crippen molar-refractivity contribution in [3.63, 3.8) is 0 Å². The molecule has 0 aliphatic rings. The second kappa shape index (κ2) is 7.19. The van der Waals surface area contributed by atoms with Gasteiger partial charge < -0.3 is 0 Å². The van der Waals surface area contributed by atoms with Crippen LogP contribution in [0, 0.1) is 5.82 Å². The molecular weight excluding hydrogens is 357 g/mol. The van der Waals surface area contributed by atoms with Crippen molar-refractivity contribution in [2.24, 2.45) is 0 Å². The molecule has 2 aromatic carbocycles. The van der Waals surface area contributed by atoms with Crippen LogP contribution in [0.3, 0.4) is 0 Å². The lowest BCUT2D eigenvalue weighted by atomic mass is 10.0. The van der Waals surface area contributed by atoms with E-state index >= 15 is 0 Å². The normalized spacial score (nSPS) is 11.1. The summed E-state index contributed by atoms with van der Waals surface area (Å²) in [5.41, 5.74) is 2.20. The molecule has 0 saturated heterocycles. The standard InChI is InChI=1S/C21H18FN5O/c1-12(2)19-24-21(27-26-19)25-20(28)16-11-17(13-6-4-3-5-7-13)23-18-10-14(22)8-9-15(16)18/h3-12H,1-2H3,(H2,24,25,26,27,28). The smallest absolute Gasteiger partial charge is 0.258 e. The van der Waals surface area contributed by atoms with E-state index in [0.717, 1.165) is 5.56 Å². The highest BCUT2D eigenvalue weighted by atomic mass is 19.1. The highest BCUT2D eigenvalue weighted by Gasteiger charge is 2.17. The van der Waals surface area contributed by atoms with Gasteiger partial charge in [-0.3, -0.25) is 15.2 Å². The number of H-pyrrole nitrogens is 1. The van der Waals surface area contributed by atoms with E-state index in [1.54, 1.807) is 12.1 Å². The van der Waals surface area contributed by atoms with Crippen molar-refractivity contribution in [3.8, 4) is 11.3 Å². The number of carbonyl (C=O) groups is 1. The van der Waals surface area contributed by atoms with Gasteiger partial charge in [0, 0.05) is 22.9 Å². The quantitative estimate of drug-likeness (QED) is 0.549. The molecule has 0 atom stereocenters. The number of nitrogens with one attached hydrogen (secondary N) is 2. The van der Waals surface area contributed by atoms with E-state index in [9.17, 15) is 9.18 Å². The van der Waals surface area contributed by atoms with Crippen LogP contribution in [0.15, 0.2) is 54.6 Å². The maximum atomic E-state index is 13.8. The molecule has 4 rings (SSSR count). The summed E-state index contributed by atoms with van der Waals surface area (Å²) in [5, 5.41) is 10.1. The Balaban J connectivity index is 1.78. The van der Waals surface area contributed by atoms with E-state index in [-0.39, 0.29) is 17.8 Å². The predicted molar refractivity (Wildman–Crippen MR) is 106 cm³/mol. The minimum absolute atomic E-state index is 0.160. The number of aromatic nitrogens is 4. The molecule has 2 heterocycles. The largest absolute Gasteiger partial charge is 0.289 e. The van der Waals surface area contributed by atoms with Crippen LogP contribution < -0.4 is 5.32 Å². The average Bonchev–Trinajstić information content (AvgIpc) is 3.16. The number of nitrogens with zero attached hydrogens (tertiary/aromatic N) is 3. The zero-order valence-corrected chi connectivity index (χ0v) is 15.4. The molecule has 0 fully saturated rings. The molecular formula is C21H18FN5O. The summed E-state index contributed by atoms with van der Waals surface area (Å²) < 4.78 is 13.8. The van der Waals surface area contributed by atoms with E-state index < -0.39 is 5.82 Å². The number of pyridine rings is 1. The van der Waals surface area contributed by atoms with Gasteiger partial charge in [0.1, 0.15) is 11.6 Å². The fourth-order valence-corrected chi connectivity index (χ4v) is 2.90. The highest BCUT2D eigenvalue weighted by molar-refractivity contribution is 6.12. The lowest BCUT2D eigenvalue weighted by Gasteiger charge is -2.09. The van der Waals surface area contributed by atoms with Crippen LogP contribution in [0.4, 0.5) is 10.3 Å². The Hall–Kier alpha value is -3.61. The molecule has 1 amide bonds. The first-order valence-electron chi connectivity index (χ1n) is 8.90. The Bertz CT molecular complexity index is 1150. The van der Waals surface area contributed by atoms with Gasteiger partial charge in [0.15, 0.2) is 0 Å². The number of halogens is 1. The van der Waals surface area contributed by atoms with Crippen molar-refractivity contribution >= 4 is 22.8 Å². The Morgan fingerprint density at radius 3 is 2.57 bits per heavy atom. The van der Waals surface area contributed by atoms with Crippen molar-refractivity contribution in [3.05, 3.63) is 71.8 Å². The van der Waals surface area contributed by atoms with Gasteiger partial charge in [0.05, 0.1) is 16.8 Å². The summed E-state index contributed by atoms with van der Waals surface area (Å²) in [7, 11) is 0. The molecule has 0 spiro atoms. The lowest BCUT2D eigenvalue weighted by Crippen LogP contribution is -2.14. The third kappa shape index (κ3) is 3.46. The Morgan fingerprint density at radius 1 is 1.07 bits per heavy atom. The number of amides is 1. The number of hydrogen-bond donors (Lipinski definition) is 2. The first kappa shape index (κ1) is 17.8. The third-order valence-electron chi connectivity index (χ3n) is 4.36. The van der Waals surface area contributed by atoms with Gasteiger partial charge in [-0.2, -0.15) is 4.98 Å². The van der Waals surface area contributed by atoms with E-state index in [1.807, 2.05) is 44.2 Å². The van der Waals surface area contributed by atoms with Crippen molar-refractivity contribution in [1.29, 1.82) is 0 Å². The summed E-state index contributed by atoms with van der Waals surface area (Å²) in [6.45, 7) is 3.95. The van der Waals surface area contributed by atoms with Gasteiger partial charge in [-0.1, -0.05) is 44.2 Å². The summed E-state index contributed by atoms with van der Waals surface area (Å²) in [5.74, 6) is 0.245. The third-order valence-corrected chi connectivity index (χ3v) is 4.36. The number of hydrogen-bond acceptors (Lipinski definition) is 4. The van der Waals surface area contributed by atoms with Gasteiger partial charge in [-0.15, -0.1) is 5.10 Å². The molecule has 0 bridgehead atoms. The Labute approximate surface area is 160 Å². The molecule has 0 aliphatic carbocycles. The van der Waals surface area contributed by atoms with Crippen LogP contribution in [-0.2, 0) is 0 Å². The zero-order valence-electron chi connectivity index (χ0n) is 15.4. The summed E-state index contributed by atoms with van der Waals surface area (Å²) >= 11 is 0. The maximum Gasteiger partial charge on any atom is 0.258 e. The van der Waals surface area contributed by atoms with Gasteiger partial charge in [-0.25, -0.2) is 9.37 Å². The van der Waals surface area contributed by atoms with E-state index in [4.69, 9.17) is 0 Å². The average molecular weight is 375 g/mol. The predicted octanol–water partition coefficient (Wildman–Crippen LogP) is 4.53. The van der Waals surface area contributed by atoms with E-state index in [2.05, 4.69) is 25.5 Å². The summed E-state index contributed by atoms with van der Waals surface area (Å²) in [4.78, 5) is 21.8. The Morgan fingerprint density at radius 2 is 1.86 bits per heavy atom. The number of aromatic amines is 1. The first-order chi connectivity index (χ1) is 13.5. The van der Waals surface area contributed by atoms with Crippen LogP contribution >= 0.6 is 0 Å². The number of fused-ring (bicyclic) bond motifs is 1. The van der Waals surface area contributed by atoms with Crippen LogP contribution in [0.1, 0.15) is 35.9 Å². The molecule has 28 heavy (non-hydrogen) atoms. The molecule has 7 heteroatoms. The van der Waals surface area contributed by atoms with E-state index in [0.29, 0.717) is 28.0 Å². The fourth-order valence-electron chi connectivity index (χ4n) is 2.90. The molecule has 2 N–H and O–H groups in total. The molecule has 4 aromatic rings. The van der Waals surface area contributed by atoms with Crippen LogP contribution in [-0.4, -0.2) is 26.1 Å². The second-order valence-electron chi connectivity index (χ2n) is 6.74. The molecule has 0 aliphatic heterocycles. The second-order valence-corrected chi connectivity index (χ2v) is 6.74. The van der Waals surface area contributed by atoms with Gasteiger partial charge in [0.2, 0.25) is 5.95 Å². The van der Waals surface area contributed by atoms with Crippen molar-refractivity contribution in [2.75, 3.05) is 5.32 Å². The number of benzene rings is 2. The lowest BCUT2D eigenvalue weighted by molar-refractivity contribution is 0.102. The molecule has 2 aromatic heterocycles. The van der Waals surface area contributed by atoms with Gasteiger partial charge in [-0.05, 0) is 18.2 Å². The zero-order chi connectivity index (χ0) is 19.7. The fraction of sp³-hybridized carbons (Fsp3) is 0.143. The minimum Gasteiger partial charge on any atom is -0.289 e. The van der Waals surface area contributed by atoms with Gasteiger partial charge >= 0.3 is 0 Å². The number of carbonyl (C=O) groups excluding carboxylic acids is 1. The van der Waals surface area contributed by atoms with Crippen molar-refractivity contribution in [1.82, 2.24) is 20.2 Å². The molecule has 0 saturated carbocycles. The molecule has 6 nitrogen and oxygen atoms in total. The SMILES string of the molecule is CC(C)c1nc(NC(=O)c2cc(-c3ccccc3)nc3cc(F)ccc23)n[nH]1. The van der Waals surface area contributed by atoms with Crippen LogP contribution in [0.5, 0.6) is 0 Å². The highest BCUT2D eigenvalue weighted by Crippen LogP contribution is 2.26. The molecule has 140 valence electrons.